The second-order valence-electron chi connectivity index (χ2n) is 5.52. The number of benzene rings is 1. The summed E-state index contributed by atoms with van der Waals surface area (Å²) < 4.78 is 1.80. The maximum absolute atomic E-state index is 12.6. The van der Waals surface area contributed by atoms with Crippen molar-refractivity contribution in [2.24, 2.45) is 0 Å². The molecule has 20 heavy (non-hydrogen) atoms. The lowest BCUT2D eigenvalue weighted by Gasteiger charge is -2.27. The van der Waals surface area contributed by atoms with Gasteiger partial charge in [0.15, 0.2) is 5.16 Å². The third-order valence-electron chi connectivity index (χ3n) is 4.15. The minimum Gasteiger partial charge on any atom is -0.302 e. The fourth-order valence-electron chi connectivity index (χ4n) is 3.11. The van der Waals surface area contributed by atoms with E-state index in [2.05, 4.69) is 9.88 Å². The fourth-order valence-corrected chi connectivity index (χ4v) is 4.30. The molecule has 1 atom stereocenters. The molecular formula is C15H17N3OS. The SMILES string of the molecule is O=C1C(CN2CCCCC2)Sc2nc3ccccc3n21. The van der Waals surface area contributed by atoms with Crippen molar-refractivity contribution in [2.45, 2.75) is 29.7 Å². The van der Waals surface area contributed by atoms with Gasteiger partial charge in [-0.2, -0.15) is 0 Å². The molecule has 0 N–H and O–H groups in total. The summed E-state index contributed by atoms with van der Waals surface area (Å²) in [4.78, 5) is 19.6. The van der Waals surface area contributed by atoms with Gasteiger partial charge in [0.05, 0.1) is 11.0 Å². The Morgan fingerprint density at radius 1 is 1.20 bits per heavy atom. The average Bonchev–Trinajstić information content (AvgIpc) is 2.98. The maximum atomic E-state index is 12.6. The van der Waals surface area contributed by atoms with Crippen LogP contribution in [0.25, 0.3) is 11.0 Å². The van der Waals surface area contributed by atoms with Crippen LogP contribution in [-0.4, -0.2) is 45.2 Å². The summed E-state index contributed by atoms with van der Waals surface area (Å²) >= 11 is 1.62. The number of piperidine rings is 1. The van der Waals surface area contributed by atoms with Gasteiger partial charge in [0.2, 0.25) is 5.91 Å². The van der Waals surface area contributed by atoms with Crippen LogP contribution in [0.4, 0.5) is 0 Å². The van der Waals surface area contributed by atoms with Crippen molar-refractivity contribution < 1.29 is 4.79 Å². The Labute approximate surface area is 122 Å². The first-order valence-corrected chi connectivity index (χ1v) is 8.11. The molecule has 5 heteroatoms. The van der Waals surface area contributed by atoms with Crippen molar-refractivity contribution in [1.29, 1.82) is 0 Å². The van der Waals surface area contributed by atoms with E-state index >= 15 is 0 Å². The lowest BCUT2D eigenvalue weighted by molar-refractivity contribution is 0.0893. The van der Waals surface area contributed by atoms with Crippen molar-refractivity contribution in [3.63, 3.8) is 0 Å². The second kappa shape index (κ2) is 4.90. The van der Waals surface area contributed by atoms with Crippen molar-refractivity contribution in [2.75, 3.05) is 19.6 Å². The van der Waals surface area contributed by atoms with Gasteiger partial charge >= 0.3 is 0 Å². The molecule has 2 aliphatic rings. The van der Waals surface area contributed by atoms with Crippen LogP contribution >= 0.6 is 11.8 Å². The van der Waals surface area contributed by atoms with Gasteiger partial charge < -0.3 is 4.90 Å². The molecule has 0 spiro atoms. The molecule has 0 aliphatic carbocycles. The Morgan fingerprint density at radius 2 is 2.00 bits per heavy atom. The topological polar surface area (TPSA) is 38.1 Å². The van der Waals surface area contributed by atoms with E-state index in [1.807, 2.05) is 24.3 Å². The molecule has 0 saturated carbocycles. The van der Waals surface area contributed by atoms with Crippen molar-refractivity contribution >= 4 is 28.7 Å². The Kier molecular flexibility index (Phi) is 3.04. The molecule has 0 radical (unpaired) electrons. The molecule has 104 valence electrons. The molecule has 1 saturated heterocycles. The zero-order valence-electron chi connectivity index (χ0n) is 11.3. The molecule has 2 aromatic rings. The molecule has 2 aliphatic heterocycles. The second-order valence-corrected chi connectivity index (χ2v) is 6.69. The zero-order valence-corrected chi connectivity index (χ0v) is 12.1. The van der Waals surface area contributed by atoms with Crippen molar-refractivity contribution in [1.82, 2.24) is 14.5 Å². The minimum absolute atomic E-state index is 0.0141. The molecule has 4 nitrogen and oxygen atoms in total. The number of likely N-dealkylation sites (tertiary alicyclic amines) is 1. The summed E-state index contributed by atoms with van der Waals surface area (Å²) in [5.74, 6) is 0.198. The maximum Gasteiger partial charge on any atom is 0.248 e. The number of carbonyl (C=O) groups excluding carboxylic acids is 1. The Bertz CT molecular complexity index is 660. The molecule has 0 bridgehead atoms. The van der Waals surface area contributed by atoms with Crippen LogP contribution in [0.15, 0.2) is 29.4 Å². The van der Waals surface area contributed by atoms with Crippen LogP contribution in [0.3, 0.4) is 0 Å². The van der Waals surface area contributed by atoms with E-state index in [0.29, 0.717) is 0 Å². The van der Waals surface area contributed by atoms with Crippen LogP contribution < -0.4 is 0 Å². The van der Waals surface area contributed by atoms with Crippen LogP contribution in [0, 0.1) is 0 Å². The van der Waals surface area contributed by atoms with Crippen LogP contribution in [-0.2, 0) is 0 Å². The van der Waals surface area contributed by atoms with E-state index in [0.717, 1.165) is 35.8 Å². The third kappa shape index (κ3) is 1.96. The van der Waals surface area contributed by atoms with Gasteiger partial charge in [-0.3, -0.25) is 9.36 Å². The Morgan fingerprint density at radius 3 is 2.85 bits per heavy atom. The number of imidazole rings is 1. The van der Waals surface area contributed by atoms with Gasteiger partial charge in [0, 0.05) is 6.54 Å². The number of hydrogen-bond acceptors (Lipinski definition) is 4. The summed E-state index contributed by atoms with van der Waals surface area (Å²) in [7, 11) is 0. The van der Waals surface area contributed by atoms with Crippen molar-refractivity contribution in [3.8, 4) is 0 Å². The molecule has 0 amide bonds. The summed E-state index contributed by atoms with van der Waals surface area (Å²) in [6, 6.07) is 7.88. The molecule has 1 aromatic carbocycles. The van der Waals surface area contributed by atoms with Gasteiger partial charge in [-0.15, -0.1) is 0 Å². The van der Waals surface area contributed by atoms with E-state index in [9.17, 15) is 4.79 Å². The highest BCUT2D eigenvalue weighted by molar-refractivity contribution is 8.01. The zero-order chi connectivity index (χ0) is 13.5. The lowest BCUT2D eigenvalue weighted by atomic mass is 10.1. The number of carbonyl (C=O) groups is 1. The molecule has 4 rings (SSSR count). The molecule has 3 heterocycles. The monoisotopic (exact) mass is 287 g/mol. The predicted molar refractivity (Wildman–Crippen MR) is 80.3 cm³/mol. The first-order chi connectivity index (χ1) is 9.83. The highest BCUT2D eigenvalue weighted by Crippen LogP contribution is 2.35. The lowest BCUT2D eigenvalue weighted by Crippen LogP contribution is -2.37. The first kappa shape index (κ1) is 12.4. The number of aromatic nitrogens is 2. The van der Waals surface area contributed by atoms with Crippen molar-refractivity contribution in [3.05, 3.63) is 24.3 Å². The van der Waals surface area contributed by atoms with Crippen LogP contribution in [0.1, 0.15) is 24.1 Å². The van der Waals surface area contributed by atoms with Crippen LogP contribution in [0.2, 0.25) is 0 Å². The molecule has 1 aromatic heterocycles. The van der Waals surface area contributed by atoms with Gasteiger partial charge in [-0.05, 0) is 38.1 Å². The van der Waals surface area contributed by atoms with Gasteiger partial charge in [-0.1, -0.05) is 30.3 Å². The third-order valence-corrected chi connectivity index (χ3v) is 5.27. The fraction of sp³-hybridized carbons (Fsp3) is 0.467. The number of fused-ring (bicyclic) bond motifs is 3. The molecule has 1 fully saturated rings. The first-order valence-electron chi connectivity index (χ1n) is 7.23. The Balaban J connectivity index is 1.59. The van der Waals surface area contributed by atoms with Crippen LogP contribution in [0.5, 0.6) is 0 Å². The van der Waals surface area contributed by atoms with E-state index in [4.69, 9.17) is 0 Å². The minimum atomic E-state index is 0.0141. The summed E-state index contributed by atoms with van der Waals surface area (Å²) in [5.41, 5.74) is 1.86. The predicted octanol–water partition coefficient (Wildman–Crippen LogP) is 2.64. The highest BCUT2D eigenvalue weighted by atomic mass is 32.2. The largest absolute Gasteiger partial charge is 0.302 e. The van der Waals surface area contributed by atoms with E-state index in [1.165, 1.54) is 19.3 Å². The quantitative estimate of drug-likeness (QED) is 0.851. The smallest absolute Gasteiger partial charge is 0.248 e. The normalized spacial score (nSPS) is 23.4. The summed E-state index contributed by atoms with van der Waals surface area (Å²) in [6.07, 6.45) is 3.85. The standard InChI is InChI=1S/C15H17N3OS/c19-14-13(10-17-8-4-1-5-9-17)20-15-16-11-6-2-3-7-12(11)18(14)15/h2-3,6-7,13H,1,4-5,8-10H2. The Hall–Kier alpha value is -1.33. The number of thioether (sulfide) groups is 1. The summed E-state index contributed by atoms with van der Waals surface area (Å²) in [6.45, 7) is 3.13. The summed E-state index contributed by atoms with van der Waals surface area (Å²) in [5, 5.41) is 0.874. The van der Waals surface area contributed by atoms with E-state index < -0.39 is 0 Å². The van der Waals surface area contributed by atoms with E-state index in [-0.39, 0.29) is 11.2 Å². The number of para-hydroxylation sites is 2. The number of nitrogens with zero attached hydrogens (tertiary/aromatic N) is 3. The highest BCUT2D eigenvalue weighted by Gasteiger charge is 2.35. The van der Waals surface area contributed by atoms with Gasteiger partial charge in [-0.25, -0.2) is 4.98 Å². The molecular weight excluding hydrogens is 270 g/mol. The van der Waals surface area contributed by atoms with Gasteiger partial charge in [0.1, 0.15) is 5.25 Å². The number of rotatable bonds is 2. The molecule has 1 unspecified atom stereocenters. The number of hydrogen-bond donors (Lipinski definition) is 0. The van der Waals surface area contributed by atoms with Gasteiger partial charge in [0.25, 0.3) is 0 Å². The average molecular weight is 287 g/mol. The van der Waals surface area contributed by atoms with E-state index in [1.54, 1.807) is 16.3 Å².